The maximum absolute atomic E-state index is 12.4. The average molecular weight is 387 g/mol. The summed E-state index contributed by atoms with van der Waals surface area (Å²) < 4.78 is 5.60. The van der Waals surface area contributed by atoms with Gasteiger partial charge < -0.3 is 10.1 Å². The van der Waals surface area contributed by atoms with Crippen molar-refractivity contribution in [1.29, 1.82) is 0 Å². The van der Waals surface area contributed by atoms with E-state index in [9.17, 15) is 9.59 Å². The Morgan fingerprint density at radius 3 is 2.03 bits per heavy atom. The fraction of sp³-hybridized carbons (Fsp3) is 0.200. The van der Waals surface area contributed by atoms with Gasteiger partial charge in [0.1, 0.15) is 5.75 Å². The number of rotatable bonds is 9. The van der Waals surface area contributed by atoms with Gasteiger partial charge in [-0.15, -0.1) is 0 Å². The number of nitrogens with one attached hydrogen (secondary N) is 1. The molecule has 0 aromatic heterocycles. The van der Waals surface area contributed by atoms with Gasteiger partial charge in [0.05, 0.1) is 6.04 Å². The molecule has 0 bridgehead atoms. The van der Waals surface area contributed by atoms with Gasteiger partial charge in [-0.3, -0.25) is 9.59 Å². The molecule has 1 amide bonds. The molecule has 3 aromatic carbocycles. The minimum atomic E-state index is -0.170. The van der Waals surface area contributed by atoms with Crippen LogP contribution in [-0.2, 0) is 4.79 Å². The minimum Gasteiger partial charge on any atom is -0.484 e. The van der Waals surface area contributed by atoms with E-state index in [2.05, 4.69) is 12.2 Å². The van der Waals surface area contributed by atoms with Gasteiger partial charge in [-0.25, -0.2) is 0 Å². The molecular weight excluding hydrogens is 362 g/mol. The van der Waals surface area contributed by atoms with E-state index < -0.39 is 0 Å². The lowest BCUT2D eigenvalue weighted by molar-refractivity contribution is -0.123. The number of hydrogen-bond acceptors (Lipinski definition) is 3. The number of ketones is 1. The lowest BCUT2D eigenvalue weighted by atomic mass is 10.0. The molecule has 0 aliphatic heterocycles. The molecule has 4 heteroatoms. The van der Waals surface area contributed by atoms with Crippen molar-refractivity contribution in [2.75, 3.05) is 6.61 Å². The van der Waals surface area contributed by atoms with Gasteiger partial charge in [-0.2, -0.15) is 0 Å². The zero-order valence-corrected chi connectivity index (χ0v) is 16.5. The zero-order valence-electron chi connectivity index (χ0n) is 16.5. The lowest BCUT2D eigenvalue weighted by Crippen LogP contribution is -2.32. The fourth-order valence-electron chi connectivity index (χ4n) is 3.14. The third-order valence-corrected chi connectivity index (χ3v) is 4.64. The van der Waals surface area contributed by atoms with Gasteiger partial charge in [-0.1, -0.05) is 74.0 Å². The number of ether oxygens (including phenoxy) is 1. The number of benzene rings is 3. The van der Waals surface area contributed by atoms with Crippen LogP contribution in [0.2, 0.25) is 0 Å². The van der Waals surface area contributed by atoms with Gasteiger partial charge in [0, 0.05) is 11.1 Å². The Bertz CT molecular complexity index is 921. The molecule has 0 radical (unpaired) electrons. The first-order valence-electron chi connectivity index (χ1n) is 9.84. The summed E-state index contributed by atoms with van der Waals surface area (Å²) in [6.45, 7) is 2.02. The smallest absolute Gasteiger partial charge is 0.258 e. The Morgan fingerprint density at radius 2 is 1.41 bits per heavy atom. The van der Waals surface area contributed by atoms with E-state index in [0.717, 1.165) is 18.4 Å². The van der Waals surface area contributed by atoms with Crippen LogP contribution in [0.1, 0.15) is 47.3 Å². The van der Waals surface area contributed by atoms with Crippen molar-refractivity contribution < 1.29 is 14.3 Å². The van der Waals surface area contributed by atoms with Crippen LogP contribution in [0.25, 0.3) is 0 Å². The van der Waals surface area contributed by atoms with Crippen LogP contribution < -0.4 is 10.1 Å². The van der Waals surface area contributed by atoms with Crippen LogP contribution in [0.15, 0.2) is 84.9 Å². The molecule has 0 saturated carbocycles. The van der Waals surface area contributed by atoms with Crippen molar-refractivity contribution in [2.24, 2.45) is 0 Å². The molecule has 0 spiro atoms. The molecule has 148 valence electrons. The third-order valence-electron chi connectivity index (χ3n) is 4.64. The molecule has 0 heterocycles. The Kier molecular flexibility index (Phi) is 7.17. The quantitative estimate of drug-likeness (QED) is 0.528. The zero-order chi connectivity index (χ0) is 20.5. The second-order valence-corrected chi connectivity index (χ2v) is 6.83. The van der Waals surface area contributed by atoms with Crippen molar-refractivity contribution in [3.63, 3.8) is 0 Å². The van der Waals surface area contributed by atoms with Crippen LogP contribution in [0.5, 0.6) is 5.75 Å². The molecule has 0 unspecified atom stereocenters. The first-order chi connectivity index (χ1) is 14.2. The molecule has 0 aliphatic rings. The van der Waals surface area contributed by atoms with Crippen LogP contribution in [0.3, 0.4) is 0 Å². The van der Waals surface area contributed by atoms with E-state index in [4.69, 9.17) is 4.74 Å². The van der Waals surface area contributed by atoms with Crippen LogP contribution in [-0.4, -0.2) is 18.3 Å². The summed E-state index contributed by atoms with van der Waals surface area (Å²) in [5, 5.41) is 3.04. The second-order valence-electron chi connectivity index (χ2n) is 6.83. The summed E-state index contributed by atoms with van der Waals surface area (Å²) in [6, 6.07) is 25.9. The Morgan fingerprint density at radius 1 is 0.828 bits per heavy atom. The van der Waals surface area contributed by atoms with Gasteiger partial charge in [0.15, 0.2) is 12.4 Å². The first kappa shape index (κ1) is 20.3. The predicted molar refractivity (Wildman–Crippen MR) is 114 cm³/mol. The lowest BCUT2D eigenvalue weighted by Gasteiger charge is -2.18. The molecule has 29 heavy (non-hydrogen) atoms. The standard InChI is InChI=1S/C25H25NO3/c1-2-9-23(19-10-5-3-6-11-19)26-24(27)18-29-22-16-14-21(15-17-22)25(28)20-12-7-4-8-13-20/h3-8,10-17,23H,2,9,18H2,1H3,(H,26,27)/t23-/m0/s1. The van der Waals surface area contributed by atoms with E-state index in [1.807, 2.05) is 48.5 Å². The third kappa shape index (κ3) is 5.79. The molecule has 3 aromatic rings. The normalized spacial score (nSPS) is 11.5. The number of amides is 1. The van der Waals surface area contributed by atoms with Gasteiger partial charge in [0.25, 0.3) is 5.91 Å². The topological polar surface area (TPSA) is 55.4 Å². The SMILES string of the molecule is CCC[C@H](NC(=O)COc1ccc(C(=O)c2ccccc2)cc1)c1ccccc1. The second kappa shape index (κ2) is 10.2. The van der Waals surface area contributed by atoms with Crippen molar-refractivity contribution in [3.8, 4) is 5.75 Å². The average Bonchev–Trinajstić information content (AvgIpc) is 2.78. The molecule has 0 saturated heterocycles. The Hall–Kier alpha value is -3.40. The number of hydrogen-bond donors (Lipinski definition) is 1. The summed E-state index contributed by atoms with van der Waals surface area (Å²) in [4.78, 5) is 24.8. The molecule has 1 N–H and O–H groups in total. The molecule has 4 nitrogen and oxygen atoms in total. The fourth-order valence-corrected chi connectivity index (χ4v) is 3.14. The Balaban J connectivity index is 1.55. The molecule has 3 rings (SSSR count). The van der Waals surface area contributed by atoms with E-state index in [1.165, 1.54) is 0 Å². The maximum atomic E-state index is 12.4. The first-order valence-corrected chi connectivity index (χ1v) is 9.84. The summed E-state index contributed by atoms with van der Waals surface area (Å²) >= 11 is 0. The van der Waals surface area contributed by atoms with E-state index in [0.29, 0.717) is 16.9 Å². The largest absolute Gasteiger partial charge is 0.484 e. The van der Waals surface area contributed by atoms with Crippen molar-refractivity contribution in [2.45, 2.75) is 25.8 Å². The molecule has 1 atom stereocenters. The molecule has 0 aliphatic carbocycles. The summed E-state index contributed by atoms with van der Waals surface area (Å²) in [7, 11) is 0. The van der Waals surface area contributed by atoms with Crippen molar-refractivity contribution >= 4 is 11.7 Å². The van der Waals surface area contributed by atoms with Gasteiger partial charge in [0.2, 0.25) is 0 Å². The van der Waals surface area contributed by atoms with Crippen molar-refractivity contribution in [3.05, 3.63) is 102 Å². The van der Waals surface area contributed by atoms with E-state index in [1.54, 1.807) is 36.4 Å². The minimum absolute atomic E-state index is 0.0248. The predicted octanol–water partition coefficient (Wildman–Crippen LogP) is 4.95. The summed E-state index contributed by atoms with van der Waals surface area (Å²) in [6.07, 6.45) is 1.84. The van der Waals surface area contributed by atoms with Crippen LogP contribution in [0, 0.1) is 0 Å². The molecular formula is C25H25NO3. The monoisotopic (exact) mass is 387 g/mol. The van der Waals surface area contributed by atoms with E-state index >= 15 is 0 Å². The summed E-state index contributed by atoms with van der Waals surface area (Å²) in [5.41, 5.74) is 2.31. The Labute approximate surface area is 171 Å². The number of carbonyl (C=O) groups is 2. The highest BCUT2D eigenvalue weighted by atomic mass is 16.5. The summed E-state index contributed by atoms with van der Waals surface area (Å²) in [5.74, 6) is 0.341. The van der Waals surface area contributed by atoms with Crippen LogP contribution >= 0.6 is 0 Å². The van der Waals surface area contributed by atoms with Gasteiger partial charge >= 0.3 is 0 Å². The highest BCUT2D eigenvalue weighted by molar-refractivity contribution is 6.08. The highest BCUT2D eigenvalue weighted by Crippen LogP contribution is 2.19. The number of carbonyl (C=O) groups excluding carboxylic acids is 2. The van der Waals surface area contributed by atoms with Crippen LogP contribution in [0.4, 0.5) is 0 Å². The highest BCUT2D eigenvalue weighted by Gasteiger charge is 2.14. The molecule has 0 fully saturated rings. The maximum Gasteiger partial charge on any atom is 0.258 e. The van der Waals surface area contributed by atoms with Crippen molar-refractivity contribution in [1.82, 2.24) is 5.32 Å². The van der Waals surface area contributed by atoms with Gasteiger partial charge in [-0.05, 0) is 36.2 Å². The van der Waals surface area contributed by atoms with E-state index in [-0.39, 0.29) is 24.3 Å².